The van der Waals surface area contributed by atoms with Crippen molar-refractivity contribution in [2.75, 3.05) is 13.2 Å². The Morgan fingerprint density at radius 1 is 1.23 bits per heavy atom. The number of carbonyl (C=O) groups excluding carboxylic acids is 1. The van der Waals surface area contributed by atoms with Crippen LogP contribution in [0.5, 0.6) is 0 Å². The molecule has 6 nitrogen and oxygen atoms in total. The van der Waals surface area contributed by atoms with Crippen LogP contribution in [0.2, 0.25) is 18.1 Å². The van der Waals surface area contributed by atoms with E-state index in [1.54, 1.807) is 20.8 Å². The molecule has 1 fully saturated rings. The number of ether oxygens (including phenoxy) is 1. The SMILES string of the molecule is CC(C)(C)OC(=O)N1CCC(C(F)CO[Si](C)(C)C(C)(C)C)[C@H]1C(=O)O. The zero-order chi connectivity index (χ0) is 20.5. The van der Waals surface area contributed by atoms with E-state index >= 15 is 0 Å². The second-order valence-electron chi connectivity index (χ2n) is 9.50. The molecule has 0 radical (unpaired) electrons. The van der Waals surface area contributed by atoms with Gasteiger partial charge >= 0.3 is 12.1 Å². The summed E-state index contributed by atoms with van der Waals surface area (Å²) in [5, 5.41) is 9.50. The minimum absolute atomic E-state index is 0.0584. The van der Waals surface area contributed by atoms with Gasteiger partial charge in [-0.05, 0) is 45.3 Å². The summed E-state index contributed by atoms with van der Waals surface area (Å²) >= 11 is 0. The maximum Gasteiger partial charge on any atom is 0.411 e. The number of halogens is 1. The van der Waals surface area contributed by atoms with Gasteiger partial charge in [-0.1, -0.05) is 20.8 Å². The molecule has 1 N–H and O–H groups in total. The first-order valence-electron chi connectivity index (χ1n) is 9.07. The fraction of sp³-hybridized carbons (Fsp3) is 0.889. The average Bonchev–Trinajstić information content (AvgIpc) is 2.86. The normalized spacial score (nSPS) is 23.0. The Balaban J connectivity index is 2.83. The molecule has 1 amide bonds. The molecule has 0 aromatic heterocycles. The van der Waals surface area contributed by atoms with Gasteiger partial charge in [0.25, 0.3) is 0 Å². The van der Waals surface area contributed by atoms with Gasteiger partial charge in [-0.15, -0.1) is 0 Å². The van der Waals surface area contributed by atoms with E-state index in [0.29, 0.717) is 0 Å². The van der Waals surface area contributed by atoms with Crippen LogP contribution < -0.4 is 0 Å². The number of likely N-dealkylation sites (tertiary alicyclic amines) is 1. The molecule has 1 aliphatic heterocycles. The highest BCUT2D eigenvalue weighted by molar-refractivity contribution is 6.74. The average molecular weight is 392 g/mol. The van der Waals surface area contributed by atoms with Crippen LogP contribution in [0.3, 0.4) is 0 Å². The summed E-state index contributed by atoms with van der Waals surface area (Å²) in [6, 6.07) is -1.23. The molecule has 152 valence electrons. The monoisotopic (exact) mass is 391 g/mol. The van der Waals surface area contributed by atoms with Crippen LogP contribution >= 0.6 is 0 Å². The van der Waals surface area contributed by atoms with Crippen LogP contribution in [0.15, 0.2) is 0 Å². The van der Waals surface area contributed by atoms with Crippen molar-refractivity contribution in [2.45, 2.75) is 83.9 Å². The number of rotatable bonds is 5. The summed E-state index contributed by atoms with van der Waals surface area (Å²) in [6.07, 6.45) is -1.89. The van der Waals surface area contributed by atoms with Crippen LogP contribution in [-0.2, 0) is 14.0 Å². The fourth-order valence-electron chi connectivity index (χ4n) is 2.66. The van der Waals surface area contributed by atoms with E-state index in [9.17, 15) is 19.1 Å². The van der Waals surface area contributed by atoms with Crippen molar-refractivity contribution in [1.82, 2.24) is 4.90 Å². The van der Waals surface area contributed by atoms with E-state index in [1.807, 2.05) is 13.1 Å². The van der Waals surface area contributed by atoms with Gasteiger partial charge < -0.3 is 14.3 Å². The van der Waals surface area contributed by atoms with Crippen molar-refractivity contribution < 1.29 is 28.2 Å². The summed E-state index contributed by atoms with van der Waals surface area (Å²) < 4.78 is 26.0. The highest BCUT2D eigenvalue weighted by Gasteiger charge is 2.48. The van der Waals surface area contributed by atoms with E-state index in [2.05, 4.69) is 20.8 Å². The van der Waals surface area contributed by atoms with Crippen molar-refractivity contribution in [3.05, 3.63) is 0 Å². The number of amides is 1. The molecule has 1 aliphatic rings. The zero-order valence-corrected chi connectivity index (χ0v) is 18.3. The smallest absolute Gasteiger partial charge is 0.411 e. The molecule has 1 saturated heterocycles. The molecule has 8 heteroatoms. The number of hydrogen-bond acceptors (Lipinski definition) is 4. The Bertz CT molecular complexity index is 527. The molecule has 0 saturated carbocycles. The molecule has 0 aliphatic carbocycles. The molecule has 0 aromatic rings. The number of alkyl halides is 1. The molecular weight excluding hydrogens is 357 g/mol. The molecule has 0 bridgehead atoms. The number of hydrogen-bond donors (Lipinski definition) is 1. The molecule has 0 spiro atoms. The maximum atomic E-state index is 14.9. The molecule has 26 heavy (non-hydrogen) atoms. The summed E-state index contributed by atoms with van der Waals surface area (Å²) in [7, 11) is -2.13. The Morgan fingerprint density at radius 2 is 1.77 bits per heavy atom. The van der Waals surface area contributed by atoms with Crippen LogP contribution in [0, 0.1) is 5.92 Å². The number of carbonyl (C=O) groups is 2. The van der Waals surface area contributed by atoms with Gasteiger partial charge in [-0.2, -0.15) is 0 Å². The molecule has 1 heterocycles. The zero-order valence-electron chi connectivity index (χ0n) is 17.3. The van der Waals surface area contributed by atoms with Crippen molar-refractivity contribution in [3.63, 3.8) is 0 Å². The Morgan fingerprint density at radius 3 is 2.19 bits per heavy atom. The molecular formula is C18H34FNO5Si. The van der Waals surface area contributed by atoms with E-state index in [1.165, 1.54) is 0 Å². The predicted octanol–water partition coefficient (Wildman–Crippen LogP) is 4.06. The molecule has 2 unspecified atom stereocenters. The van der Waals surface area contributed by atoms with Crippen molar-refractivity contribution in [2.24, 2.45) is 5.92 Å². The van der Waals surface area contributed by atoms with Crippen LogP contribution in [0.1, 0.15) is 48.0 Å². The lowest BCUT2D eigenvalue weighted by atomic mass is 9.95. The fourth-order valence-corrected chi connectivity index (χ4v) is 3.67. The summed E-state index contributed by atoms with van der Waals surface area (Å²) in [5.41, 5.74) is -0.737. The second kappa shape index (κ2) is 7.84. The molecule has 1 rings (SSSR count). The van der Waals surface area contributed by atoms with E-state index in [4.69, 9.17) is 9.16 Å². The van der Waals surface area contributed by atoms with Crippen LogP contribution in [-0.4, -0.2) is 61.4 Å². The Labute approximate surface area is 157 Å². The van der Waals surface area contributed by atoms with Gasteiger partial charge in [0.15, 0.2) is 8.32 Å². The lowest BCUT2D eigenvalue weighted by molar-refractivity contribution is -0.144. The lowest BCUT2D eigenvalue weighted by Gasteiger charge is -2.37. The highest BCUT2D eigenvalue weighted by Crippen LogP contribution is 2.38. The maximum absolute atomic E-state index is 14.9. The third-order valence-corrected chi connectivity index (χ3v) is 9.70. The quantitative estimate of drug-likeness (QED) is 0.715. The lowest BCUT2D eigenvalue weighted by Crippen LogP contribution is -2.48. The minimum atomic E-state index is -2.13. The number of carboxylic acids is 1. The Hall–Kier alpha value is -1.15. The minimum Gasteiger partial charge on any atom is -0.480 e. The third kappa shape index (κ3) is 5.67. The van der Waals surface area contributed by atoms with Crippen molar-refractivity contribution >= 4 is 20.4 Å². The van der Waals surface area contributed by atoms with E-state index in [-0.39, 0.29) is 24.6 Å². The largest absolute Gasteiger partial charge is 0.480 e. The first kappa shape index (κ1) is 22.9. The highest BCUT2D eigenvalue weighted by atomic mass is 28.4. The van der Waals surface area contributed by atoms with Crippen molar-refractivity contribution in [1.29, 1.82) is 0 Å². The van der Waals surface area contributed by atoms with E-state index in [0.717, 1.165) is 4.90 Å². The molecule has 0 aromatic carbocycles. The van der Waals surface area contributed by atoms with Gasteiger partial charge in [0.05, 0.1) is 6.61 Å². The topological polar surface area (TPSA) is 76.1 Å². The first-order valence-corrected chi connectivity index (χ1v) is 12.0. The van der Waals surface area contributed by atoms with Gasteiger partial charge in [-0.3, -0.25) is 4.90 Å². The second-order valence-corrected chi connectivity index (χ2v) is 14.3. The van der Waals surface area contributed by atoms with Crippen LogP contribution in [0.25, 0.3) is 0 Å². The summed E-state index contributed by atoms with van der Waals surface area (Å²) in [6.45, 7) is 15.4. The van der Waals surface area contributed by atoms with Gasteiger partial charge in [0.2, 0.25) is 0 Å². The predicted molar refractivity (Wildman–Crippen MR) is 101 cm³/mol. The van der Waals surface area contributed by atoms with Crippen molar-refractivity contribution in [3.8, 4) is 0 Å². The summed E-state index contributed by atoms with van der Waals surface area (Å²) in [5.74, 6) is -2.02. The molecule has 3 atom stereocenters. The number of nitrogens with zero attached hydrogens (tertiary/aromatic N) is 1. The van der Waals surface area contributed by atoms with Crippen LogP contribution in [0.4, 0.5) is 9.18 Å². The Kier molecular flexibility index (Phi) is 6.90. The number of aliphatic carboxylic acids is 1. The van der Waals surface area contributed by atoms with E-state index < -0.39 is 44.1 Å². The first-order chi connectivity index (χ1) is 11.6. The summed E-state index contributed by atoms with van der Waals surface area (Å²) in [4.78, 5) is 25.1. The standard InChI is InChI=1S/C18H34FNO5Si/c1-17(2,3)25-16(23)20-10-9-12(14(20)15(21)22)13(19)11-24-26(7,8)18(4,5)6/h12-14H,9-11H2,1-8H3,(H,21,22)/t12?,13?,14-/m0/s1. The third-order valence-electron chi connectivity index (χ3n) is 5.20. The van der Waals surface area contributed by atoms with Gasteiger partial charge in [0.1, 0.15) is 17.8 Å². The number of carboxylic acid groups (broad SMARTS) is 1. The van der Waals surface area contributed by atoms with Gasteiger partial charge in [-0.25, -0.2) is 14.0 Å². The van der Waals surface area contributed by atoms with Gasteiger partial charge in [0, 0.05) is 12.5 Å².